The molecular formula is C16H14O2. The minimum absolute atomic E-state index is 0.381. The van der Waals surface area contributed by atoms with Crippen molar-refractivity contribution in [2.24, 2.45) is 0 Å². The van der Waals surface area contributed by atoms with Crippen LogP contribution in [0.3, 0.4) is 0 Å². The predicted molar refractivity (Wildman–Crippen MR) is 69.9 cm³/mol. The molecule has 2 aromatic rings. The molecule has 0 radical (unpaired) electrons. The lowest BCUT2D eigenvalue weighted by atomic mass is 10.0. The molecule has 18 heavy (non-hydrogen) atoms. The van der Waals surface area contributed by atoms with E-state index in [2.05, 4.69) is 24.3 Å². The van der Waals surface area contributed by atoms with Gasteiger partial charge in [-0.25, -0.2) is 4.79 Å². The zero-order valence-electron chi connectivity index (χ0n) is 9.91. The van der Waals surface area contributed by atoms with Gasteiger partial charge in [-0.15, -0.1) is 0 Å². The second kappa shape index (κ2) is 4.30. The van der Waals surface area contributed by atoms with Crippen molar-refractivity contribution in [3.05, 3.63) is 71.3 Å². The maximum Gasteiger partial charge on any atom is 0.335 e. The number of carboxylic acids is 1. The van der Waals surface area contributed by atoms with Crippen LogP contribution in [0, 0.1) is 0 Å². The second-order valence-electron chi connectivity index (χ2n) is 4.79. The lowest BCUT2D eigenvalue weighted by Gasteiger charge is -2.02. The lowest BCUT2D eigenvalue weighted by molar-refractivity contribution is 0.0697. The fourth-order valence-corrected chi connectivity index (χ4v) is 2.53. The molecule has 90 valence electrons. The first-order chi connectivity index (χ1) is 8.75. The molecular weight excluding hydrogens is 224 g/mol. The molecule has 1 saturated carbocycles. The van der Waals surface area contributed by atoms with E-state index >= 15 is 0 Å². The van der Waals surface area contributed by atoms with E-state index < -0.39 is 5.97 Å². The van der Waals surface area contributed by atoms with Gasteiger partial charge in [-0.2, -0.15) is 0 Å². The third-order valence-corrected chi connectivity index (χ3v) is 3.58. The summed E-state index contributed by atoms with van der Waals surface area (Å²) in [7, 11) is 0. The van der Waals surface area contributed by atoms with Gasteiger partial charge in [0.05, 0.1) is 5.56 Å². The summed E-state index contributed by atoms with van der Waals surface area (Å²) in [6.45, 7) is 0. The molecule has 1 fully saturated rings. The zero-order chi connectivity index (χ0) is 12.5. The molecule has 2 heteroatoms. The molecule has 0 aromatic heterocycles. The van der Waals surface area contributed by atoms with Crippen LogP contribution < -0.4 is 0 Å². The largest absolute Gasteiger partial charge is 0.478 e. The number of hydrogen-bond donors (Lipinski definition) is 1. The highest BCUT2D eigenvalue weighted by Gasteiger charge is 2.39. The predicted octanol–water partition coefficient (Wildman–Crippen LogP) is 3.66. The number of benzene rings is 2. The molecule has 0 spiro atoms. The smallest absolute Gasteiger partial charge is 0.335 e. The summed E-state index contributed by atoms with van der Waals surface area (Å²) in [5.41, 5.74) is 2.87. The van der Waals surface area contributed by atoms with Gasteiger partial charge in [-0.3, -0.25) is 0 Å². The summed E-state index contributed by atoms with van der Waals surface area (Å²) in [6, 6.07) is 17.7. The number of rotatable bonds is 3. The lowest BCUT2D eigenvalue weighted by Crippen LogP contribution is -1.96. The molecule has 1 N–H and O–H groups in total. The van der Waals surface area contributed by atoms with Gasteiger partial charge in [-0.1, -0.05) is 42.5 Å². The maximum atomic E-state index is 10.9. The van der Waals surface area contributed by atoms with Crippen LogP contribution in [-0.4, -0.2) is 11.1 Å². The van der Waals surface area contributed by atoms with Gasteiger partial charge >= 0.3 is 5.97 Å². The minimum Gasteiger partial charge on any atom is -0.478 e. The Morgan fingerprint density at radius 1 is 0.944 bits per heavy atom. The first-order valence-corrected chi connectivity index (χ1v) is 6.14. The Morgan fingerprint density at radius 2 is 1.61 bits per heavy atom. The fraction of sp³-hybridized carbons (Fsp3) is 0.188. The summed E-state index contributed by atoms with van der Waals surface area (Å²) < 4.78 is 0. The third kappa shape index (κ3) is 2.02. The van der Waals surface area contributed by atoms with Gasteiger partial charge in [-0.05, 0) is 41.5 Å². The fourth-order valence-electron chi connectivity index (χ4n) is 2.53. The Labute approximate surface area is 106 Å². The molecule has 1 aliphatic carbocycles. The molecule has 0 bridgehead atoms. The quantitative estimate of drug-likeness (QED) is 0.886. The van der Waals surface area contributed by atoms with Crippen molar-refractivity contribution in [1.82, 2.24) is 0 Å². The van der Waals surface area contributed by atoms with Crippen LogP contribution in [0.4, 0.5) is 0 Å². The van der Waals surface area contributed by atoms with Crippen LogP contribution >= 0.6 is 0 Å². The van der Waals surface area contributed by atoms with Crippen LogP contribution in [0.5, 0.6) is 0 Å². The second-order valence-corrected chi connectivity index (χ2v) is 4.79. The van der Waals surface area contributed by atoms with E-state index in [-0.39, 0.29) is 0 Å². The van der Waals surface area contributed by atoms with Crippen molar-refractivity contribution < 1.29 is 9.90 Å². The molecule has 0 amide bonds. The Morgan fingerprint density at radius 3 is 2.33 bits per heavy atom. The molecule has 0 saturated heterocycles. The highest BCUT2D eigenvalue weighted by Crippen LogP contribution is 2.54. The van der Waals surface area contributed by atoms with E-state index in [1.807, 2.05) is 18.2 Å². The number of hydrogen-bond acceptors (Lipinski definition) is 1. The van der Waals surface area contributed by atoms with Crippen molar-refractivity contribution in [2.45, 2.75) is 18.3 Å². The van der Waals surface area contributed by atoms with Gasteiger partial charge in [0, 0.05) is 0 Å². The Balaban J connectivity index is 1.82. The topological polar surface area (TPSA) is 37.3 Å². The third-order valence-electron chi connectivity index (χ3n) is 3.58. The van der Waals surface area contributed by atoms with Gasteiger partial charge in [0.25, 0.3) is 0 Å². The van der Waals surface area contributed by atoms with Crippen LogP contribution in [-0.2, 0) is 0 Å². The summed E-state index contributed by atoms with van der Waals surface area (Å²) >= 11 is 0. The van der Waals surface area contributed by atoms with Crippen LogP contribution in [0.2, 0.25) is 0 Å². The normalized spacial score (nSPS) is 21.6. The highest BCUT2D eigenvalue weighted by atomic mass is 16.4. The summed E-state index contributed by atoms with van der Waals surface area (Å²) in [5, 5.41) is 8.99. The molecule has 3 rings (SSSR count). The van der Waals surface area contributed by atoms with Gasteiger partial charge in [0.1, 0.15) is 0 Å². The summed E-state index contributed by atoms with van der Waals surface area (Å²) in [5.74, 6) is 0.177. The molecule has 0 aliphatic heterocycles. The summed E-state index contributed by atoms with van der Waals surface area (Å²) in [6.07, 6.45) is 1.12. The number of aromatic carboxylic acids is 1. The maximum absolute atomic E-state index is 10.9. The SMILES string of the molecule is O=C(O)c1cccc([C@H]2C[C@@H]2c2ccccc2)c1. The number of carbonyl (C=O) groups is 1. The highest BCUT2D eigenvalue weighted by molar-refractivity contribution is 5.87. The molecule has 0 unspecified atom stereocenters. The van der Waals surface area contributed by atoms with Crippen molar-refractivity contribution in [2.75, 3.05) is 0 Å². The Bertz CT molecular complexity index is 575. The van der Waals surface area contributed by atoms with Crippen LogP contribution in [0.1, 0.15) is 39.7 Å². The van der Waals surface area contributed by atoms with E-state index in [1.165, 1.54) is 5.56 Å². The molecule has 2 atom stereocenters. The Hall–Kier alpha value is -2.09. The van der Waals surface area contributed by atoms with Crippen LogP contribution in [0.25, 0.3) is 0 Å². The van der Waals surface area contributed by atoms with Gasteiger partial charge in [0.2, 0.25) is 0 Å². The number of carboxylic acid groups (broad SMARTS) is 1. The molecule has 0 heterocycles. The van der Waals surface area contributed by atoms with Crippen molar-refractivity contribution in [3.8, 4) is 0 Å². The first kappa shape index (κ1) is 11.0. The average Bonchev–Trinajstić information content (AvgIpc) is 3.20. The summed E-state index contributed by atoms with van der Waals surface area (Å²) in [4.78, 5) is 10.9. The molecule has 2 nitrogen and oxygen atoms in total. The Kier molecular flexibility index (Phi) is 2.63. The van der Waals surface area contributed by atoms with E-state index in [0.29, 0.717) is 17.4 Å². The molecule has 2 aromatic carbocycles. The first-order valence-electron chi connectivity index (χ1n) is 6.14. The van der Waals surface area contributed by atoms with Crippen molar-refractivity contribution in [3.63, 3.8) is 0 Å². The standard InChI is InChI=1S/C16H14O2/c17-16(18)13-8-4-7-12(9-13)15-10-14(15)11-5-2-1-3-6-11/h1-9,14-15H,10H2,(H,17,18)/t14-,15-/m1/s1. The molecule has 1 aliphatic rings. The average molecular weight is 238 g/mol. The monoisotopic (exact) mass is 238 g/mol. The van der Waals surface area contributed by atoms with Crippen molar-refractivity contribution >= 4 is 5.97 Å². The van der Waals surface area contributed by atoms with E-state index in [1.54, 1.807) is 12.1 Å². The zero-order valence-corrected chi connectivity index (χ0v) is 9.91. The van der Waals surface area contributed by atoms with E-state index in [0.717, 1.165) is 12.0 Å². The van der Waals surface area contributed by atoms with Gasteiger partial charge < -0.3 is 5.11 Å². The van der Waals surface area contributed by atoms with Gasteiger partial charge in [0.15, 0.2) is 0 Å². The van der Waals surface area contributed by atoms with Crippen LogP contribution in [0.15, 0.2) is 54.6 Å². The van der Waals surface area contributed by atoms with Crippen molar-refractivity contribution in [1.29, 1.82) is 0 Å². The van der Waals surface area contributed by atoms with E-state index in [9.17, 15) is 4.79 Å². The minimum atomic E-state index is -0.853. The van der Waals surface area contributed by atoms with E-state index in [4.69, 9.17) is 5.11 Å².